The average molecular weight is 400 g/mol. The molecular weight excluding hydrogens is 383 g/mol. The molecule has 0 spiro atoms. The van der Waals surface area contributed by atoms with E-state index in [1.165, 1.54) is 16.4 Å². The second kappa shape index (κ2) is 6.12. The molecule has 0 amide bonds. The molecule has 1 aromatic carbocycles. The molecule has 1 aromatic rings. The van der Waals surface area contributed by atoms with E-state index in [9.17, 15) is 12.8 Å². The van der Waals surface area contributed by atoms with Crippen molar-refractivity contribution < 1.29 is 12.8 Å². The summed E-state index contributed by atoms with van der Waals surface area (Å²) in [6, 6.07) is 4.09. The van der Waals surface area contributed by atoms with E-state index in [0.717, 1.165) is 12.8 Å². The molecule has 3 unspecified atom stereocenters. The normalized spacial score (nSPS) is 29.2. The Labute approximate surface area is 138 Å². The molecule has 4 nitrogen and oxygen atoms in total. The van der Waals surface area contributed by atoms with Crippen LogP contribution in [0.3, 0.4) is 0 Å². The number of nitrogens with two attached hydrogens (primary N) is 1. The fraction of sp³-hybridized carbons (Fsp3) is 0.538. The summed E-state index contributed by atoms with van der Waals surface area (Å²) in [4.78, 5) is -0.255. The highest BCUT2D eigenvalue weighted by atomic mass is 79.9. The van der Waals surface area contributed by atoms with Crippen LogP contribution in [-0.2, 0) is 10.0 Å². The van der Waals surface area contributed by atoms with Gasteiger partial charge in [-0.3, -0.25) is 0 Å². The van der Waals surface area contributed by atoms with Crippen molar-refractivity contribution in [3.8, 4) is 0 Å². The minimum absolute atomic E-state index is 0. The molecule has 1 heterocycles. The van der Waals surface area contributed by atoms with Crippen LogP contribution >= 0.6 is 28.3 Å². The SMILES string of the molecule is Cl.NC1CCC2CN(S(=O)(=O)c3ccc(Br)cc3F)CC12. The summed E-state index contributed by atoms with van der Waals surface area (Å²) in [5.41, 5.74) is 6.01. The van der Waals surface area contributed by atoms with E-state index in [4.69, 9.17) is 5.73 Å². The molecule has 1 saturated carbocycles. The van der Waals surface area contributed by atoms with Gasteiger partial charge in [0.25, 0.3) is 0 Å². The van der Waals surface area contributed by atoms with Gasteiger partial charge in [0, 0.05) is 23.6 Å². The van der Waals surface area contributed by atoms with Crippen molar-refractivity contribution in [3.63, 3.8) is 0 Å². The van der Waals surface area contributed by atoms with Gasteiger partial charge in [0.15, 0.2) is 0 Å². The first-order valence-corrected chi connectivity index (χ1v) is 8.83. The van der Waals surface area contributed by atoms with Crippen molar-refractivity contribution in [2.24, 2.45) is 17.6 Å². The van der Waals surface area contributed by atoms with Crippen molar-refractivity contribution in [1.82, 2.24) is 4.31 Å². The Balaban J connectivity index is 0.00000161. The van der Waals surface area contributed by atoms with Crippen LogP contribution in [0.5, 0.6) is 0 Å². The number of halogens is 3. The number of rotatable bonds is 2. The largest absolute Gasteiger partial charge is 0.327 e. The summed E-state index contributed by atoms with van der Waals surface area (Å²) >= 11 is 3.13. The topological polar surface area (TPSA) is 63.4 Å². The summed E-state index contributed by atoms with van der Waals surface area (Å²) in [5, 5.41) is 0. The van der Waals surface area contributed by atoms with Crippen molar-refractivity contribution in [3.05, 3.63) is 28.5 Å². The van der Waals surface area contributed by atoms with Crippen LogP contribution in [0.15, 0.2) is 27.6 Å². The first-order chi connectivity index (χ1) is 9.39. The van der Waals surface area contributed by atoms with Crippen molar-refractivity contribution in [2.75, 3.05) is 13.1 Å². The highest BCUT2D eigenvalue weighted by Gasteiger charge is 2.45. The predicted molar refractivity (Wildman–Crippen MR) is 84.3 cm³/mol. The maximum atomic E-state index is 13.9. The predicted octanol–water partition coefficient (Wildman–Crippen LogP) is 2.37. The fourth-order valence-corrected chi connectivity index (χ4v) is 5.20. The van der Waals surface area contributed by atoms with Crippen LogP contribution in [0.2, 0.25) is 0 Å². The molecule has 1 aliphatic heterocycles. The van der Waals surface area contributed by atoms with E-state index >= 15 is 0 Å². The van der Waals surface area contributed by atoms with Crippen molar-refractivity contribution >= 4 is 38.4 Å². The van der Waals surface area contributed by atoms with Crippen LogP contribution in [0.4, 0.5) is 4.39 Å². The lowest BCUT2D eigenvalue weighted by atomic mass is 9.98. The van der Waals surface area contributed by atoms with Crippen LogP contribution in [0.1, 0.15) is 12.8 Å². The zero-order valence-corrected chi connectivity index (χ0v) is 14.4. The second-order valence-corrected chi connectivity index (χ2v) is 8.38. The van der Waals surface area contributed by atoms with Crippen LogP contribution in [0.25, 0.3) is 0 Å². The van der Waals surface area contributed by atoms with Crippen LogP contribution in [0, 0.1) is 17.7 Å². The lowest BCUT2D eigenvalue weighted by Crippen LogP contribution is -2.33. The highest BCUT2D eigenvalue weighted by molar-refractivity contribution is 9.10. The zero-order valence-electron chi connectivity index (χ0n) is 11.2. The van der Waals surface area contributed by atoms with Gasteiger partial charge in [-0.2, -0.15) is 4.31 Å². The smallest absolute Gasteiger partial charge is 0.246 e. The Morgan fingerprint density at radius 1 is 1.29 bits per heavy atom. The minimum Gasteiger partial charge on any atom is -0.327 e. The average Bonchev–Trinajstić information content (AvgIpc) is 2.92. The molecule has 1 aliphatic carbocycles. The minimum atomic E-state index is -3.77. The van der Waals surface area contributed by atoms with E-state index in [1.807, 2.05) is 0 Å². The maximum absolute atomic E-state index is 13.9. The molecule has 0 radical (unpaired) electrons. The van der Waals surface area contributed by atoms with Crippen molar-refractivity contribution in [2.45, 2.75) is 23.8 Å². The monoisotopic (exact) mass is 398 g/mol. The third kappa shape index (κ3) is 2.99. The van der Waals surface area contributed by atoms with Gasteiger partial charge in [-0.1, -0.05) is 15.9 Å². The first-order valence-electron chi connectivity index (χ1n) is 6.60. The van der Waals surface area contributed by atoms with E-state index in [0.29, 0.717) is 23.5 Å². The molecule has 2 fully saturated rings. The van der Waals surface area contributed by atoms with Gasteiger partial charge in [-0.25, -0.2) is 12.8 Å². The van der Waals surface area contributed by atoms with Crippen LogP contribution in [-0.4, -0.2) is 31.9 Å². The summed E-state index contributed by atoms with van der Waals surface area (Å²) in [5.74, 6) is -0.192. The Kier molecular flexibility index (Phi) is 5.00. The molecule has 2 N–H and O–H groups in total. The lowest BCUT2D eigenvalue weighted by molar-refractivity contribution is 0.424. The molecule has 3 atom stereocenters. The van der Waals surface area contributed by atoms with Gasteiger partial charge in [-0.15, -0.1) is 12.4 Å². The fourth-order valence-electron chi connectivity index (χ4n) is 3.29. The Hall–Kier alpha value is -0.210. The number of benzene rings is 1. The molecule has 2 aliphatic rings. The lowest BCUT2D eigenvalue weighted by Gasteiger charge is -2.19. The van der Waals surface area contributed by atoms with E-state index in [-0.39, 0.29) is 29.3 Å². The van der Waals surface area contributed by atoms with E-state index < -0.39 is 15.8 Å². The third-order valence-electron chi connectivity index (χ3n) is 4.39. The van der Waals surface area contributed by atoms with Gasteiger partial charge in [0.2, 0.25) is 10.0 Å². The third-order valence-corrected chi connectivity index (χ3v) is 6.75. The number of sulfonamides is 1. The maximum Gasteiger partial charge on any atom is 0.246 e. The molecule has 0 bridgehead atoms. The molecule has 0 aromatic heterocycles. The zero-order chi connectivity index (χ0) is 14.5. The Bertz CT molecular complexity index is 643. The summed E-state index contributed by atoms with van der Waals surface area (Å²) in [7, 11) is -3.77. The highest BCUT2D eigenvalue weighted by Crippen LogP contribution is 2.39. The molecule has 8 heteroatoms. The summed E-state index contributed by atoms with van der Waals surface area (Å²) in [6.07, 6.45) is 1.91. The molecular formula is C13H17BrClFN2O2S. The van der Waals surface area contributed by atoms with Crippen LogP contribution < -0.4 is 5.73 Å². The van der Waals surface area contributed by atoms with Gasteiger partial charge in [0.05, 0.1) is 0 Å². The summed E-state index contributed by atoms with van der Waals surface area (Å²) in [6.45, 7) is 0.861. The number of fused-ring (bicyclic) bond motifs is 1. The standard InChI is InChI=1S/C13H16BrFN2O2S.ClH/c14-9-2-4-13(11(15)5-9)20(18,19)17-6-8-1-3-12(16)10(8)7-17;/h2,4-5,8,10,12H,1,3,6-7,16H2;1H. The Morgan fingerprint density at radius 2 is 2.00 bits per heavy atom. The quantitative estimate of drug-likeness (QED) is 0.830. The Morgan fingerprint density at radius 3 is 2.62 bits per heavy atom. The van der Waals surface area contributed by atoms with E-state index in [2.05, 4.69) is 15.9 Å². The summed E-state index contributed by atoms with van der Waals surface area (Å²) < 4.78 is 40.9. The number of hydrogen-bond donors (Lipinski definition) is 1. The second-order valence-electron chi connectivity index (χ2n) is 5.56. The van der Waals surface area contributed by atoms with Crippen molar-refractivity contribution in [1.29, 1.82) is 0 Å². The van der Waals surface area contributed by atoms with E-state index in [1.54, 1.807) is 6.07 Å². The molecule has 118 valence electrons. The number of hydrogen-bond acceptors (Lipinski definition) is 3. The molecule has 21 heavy (non-hydrogen) atoms. The van der Waals surface area contributed by atoms with Gasteiger partial charge in [0.1, 0.15) is 10.7 Å². The number of nitrogens with zero attached hydrogens (tertiary/aromatic N) is 1. The first kappa shape index (κ1) is 17.1. The van der Waals surface area contributed by atoms with Gasteiger partial charge < -0.3 is 5.73 Å². The van der Waals surface area contributed by atoms with Gasteiger partial charge in [-0.05, 0) is 42.9 Å². The molecule has 3 rings (SSSR count). The van der Waals surface area contributed by atoms with Gasteiger partial charge >= 0.3 is 0 Å². The molecule has 1 saturated heterocycles.